The van der Waals surface area contributed by atoms with Crippen molar-refractivity contribution >= 4 is 11.3 Å². The average Bonchev–Trinajstić information content (AvgIpc) is 2.71. The largest absolute Gasteiger partial charge is 0.340 e. The van der Waals surface area contributed by atoms with E-state index in [1.165, 1.54) is 6.07 Å². The fourth-order valence-electron chi connectivity index (χ4n) is 3.29. The second-order valence-electron chi connectivity index (χ2n) is 5.51. The number of anilines is 1. The van der Waals surface area contributed by atoms with Gasteiger partial charge in [-0.2, -0.15) is 0 Å². The van der Waals surface area contributed by atoms with Crippen LogP contribution < -0.4 is 4.90 Å². The third-order valence-corrected chi connectivity index (χ3v) is 4.33. The summed E-state index contributed by atoms with van der Waals surface area (Å²) in [4.78, 5) is 1.98. The first-order chi connectivity index (χ1) is 10.1. The van der Waals surface area contributed by atoms with Crippen molar-refractivity contribution in [3.63, 3.8) is 0 Å². The normalized spacial score (nSPS) is 15.8. The number of rotatable bonds is 0. The number of allylic oxidation sites excluding steroid dienone is 1. The first kappa shape index (κ1) is 12.3. The van der Waals surface area contributed by atoms with Gasteiger partial charge in [-0.25, -0.2) is 8.78 Å². The molecule has 1 nitrogen and oxygen atoms in total. The third kappa shape index (κ3) is 1.54. The van der Waals surface area contributed by atoms with Crippen LogP contribution >= 0.6 is 0 Å². The Labute approximate surface area is 121 Å². The SMILES string of the molecule is C=C1c2ccc(F)c(F)c2CN2C(=C)Cc3cccc1c32. The van der Waals surface area contributed by atoms with Crippen molar-refractivity contribution in [1.29, 1.82) is 0 Å². The van der Waals surface area contributed by atoms with Crippen molar-refractivity contribution in [3.05, 3.63) is 83.1 Å². The Morgan fingerprint density at radius 3 is 2.62 bits per heavy atom. The molecule has 2 aromatic carbocycles. The van der Waals surface area contributed by atoms with Crippen LogP contribution in [0.1, 0.15) is 22.3 Å². The third-order valence-electron chi connectivity index (χ3n) is 4.33. The molecular weight excluding hydrogens is 268 g/mol. The molecule has 0 radical (unpaired) electrons. The van der Waals surface area contributed by atoms with Gasteiger partial charge < -0.3 is 4.90 Å². The summed E-state index contributed by atoms with van der Waals surface area (Å²) in [5.74, 6) is -1.61. The van der Waals surface area contributed by atoms with Gasteiger partial charge in [0.05, 0.1) is 12.2 Å². The van der Waals surface area contributed by atoms with Crippen molar-refractivity contribution < 1.29 is 8.78 Å². The number of para-hydroxylation sites is 1. The zero-order chi connectivity index (χ0) is 14.7. The Morgan fingerprint density at radius 1 is 1.00 bits per heavy atom. The van der Waals surface area contributed by atoms with Gasteiger partial charge in [0.25, 0.3) is 0 Å². The van der Waals surface area contributed by atoms with Crippen molar-refractivity contribution in [2.24, 2.45) is 0 Å². The first-order valence-corrected chi connectivity index (χ1v) is 6.81. The molecule has 104 valence electrons. The summed E-state index contributed by atoms with van der Waals surface area (Å²) in [5, 5.41) is 0. The number of hydrogen-bond donors (Lipinski definition) is 0. The molecule has 0 aliphatic carbocycles. The Kier molecular flexibility index (Phi) is 2.37. The highest BCUT2D eigenvalue weighted by molar-refractivity contribution is 5.91. The van der Waals surface area contributed by atoms with Gasteiger partial charge in [0.2, 0.25) is 0 Å². The standard InChI is InChI=1S/C18H13F2N/c1-10-8-12-4-3-5-14-11(2)13-6-7-16(19)17(20)15(13)9-21(10)18(12)14/h3-7H,1-2,8-9H2. The predicted molar refractivity (Wildman–Crippen MR) is 80.0 cm³/mol. The molecule has 0 atom stereocenters. The van der Waals surface area contributed by atoms with Gasteiger partial charge in [-0.05, 0) is 22.8 Å². The number of fused-ring (bicyclic) bond motifs is 1. The molecule has 4 rings (SSSR count). The Hall–Kier alpha value is -2.42. The molecule has 0 spiro atoms. The van der Waals surface area contributed by atoms with Gasteiger partial charge >= 0.3 is 0 Å². The molecule has 2 heterocycles. The fourth-order valence-corrected chi connectivity index (χ4v) is 3.29. The monoisotopic (exact) mass is 281 g/mol. The molecule has 21 heavy (non-hydrogen) atoms. The second-order valence-corrected chi connectivity index (χ2v) is 5.51. The minimum atomic E-state index is -0.822. The van der Waals surface area contributed by atoms with Crippen molar-refractivity contribution in [2.45, 2.75) is 13.0 Å². The van der Waals surface area contributed by atoms with Crippen LogP contribution in [0.3, 0.4) is 0 Å². The molecule has 2 aliphatic rings. The van der Waals surface area contributed by atoms with E-state index in [4.69, 9.17) is 0 Å². The maximum Gasteiger partial charge on any atom is 0.164 e. The van der Waals surface area contributed by atoms with Gasteiger partial charge in [0.1, 0.15) is 0 Å². The highest BCUT2D eigenvalue weighted by atomic mass is 19.2. The average molecular weight is 281 g/mol. The van der Waals surface area contributed by atoms with Crippen LogP contribution in [-0.4, -0.2) is 0 Å². The molecule has 0 N–H and O–H groups in total. The second kappa shape index (κ2) is 4.04. The lowest BCUT2D eigenvalue weighted by Gasteiger charge is -2.21. The Balaban J connectivity index is 2.05. The highest BCUT2D eigenvalue weighted by Crippen LogP contribution is 2.45. The highest BCUT2D eigenvalue weighted by Gasteiger charge is 2.32. The molecule has 0 fully saturated rings. The molecule has 0 amide bonds. The summed E-state index contributed by atoms with van der Waals surface area (Å²) < 4.78 is 27.8. The number of benzene rings is 2. The minimum absolute atomic E-state index is 0.292. The van der Waals surface area contributed by atoms with Gasteiger partial charge in [-0.1, -0.05) is 37.4 Å². The number of halogens is 2. The Morgan fingerprint density at radius 2 is 1.81 bits per heavy atom. The van der Waals surface area contributed by atoms with E-state index in [0.717, 1.165) is 34.5 Å². The summed E-state index contributed by atoms with van der Waals surface area (Å²) in [7, 11) is 0. The smallest absolute Gasteiger partial charge is 0.164 e. The van der Waals surface area contributed by atoms with E-state index in [2.05, 4.69) is 13.2 Å². The Bertz CT molecular complexity index is 820. The van der Waals surface area contributed by atoms with E-state index in [-0.39, 0.29) is 0 Å². The minimum Gasteiger partial charge on any atom is -0.340 e. The molecule has 2 aliphatic heterocycles. The van der Waals surface area contributed by atoms with E-state index < -0.39 is 11.6 Å². The van der Waals surface area contributed by atoms with Crippen molar-refractivity contribution in [2.75, 3.05) is 4.90 Å². The molecule has 0 bridgehead atoms. The fraction of sp³-hybridized carbons (Fsp3) is 0.111. The predicted octanol–water partition coefficient (Wildman–Crippen LogP) is 4.42. The van der Waals surface area contributed by atoms with Crippen LogP contribution in [0.2, 0.25) is 0 Å². The maximum absolute atomic E-state index is 14.2. The molecule has 2 aromatic rings. The van der Waals surface area contributed by atoms with Crippen molar-refractivity contribution in [1.82, 2.24) is 0 Å². The van der Waals surface area contributed by atoms with E-state index in [9.17, 15) is 8.78 Å². The van der Waals surface area contributed by atoms with Gasteiger partial charge in [0.15, 0.2) is 11.6 Å². The lowest BCUT2D eigenvalue weighted by atomic mass is 9.94. The lowest BCUT2D eigenvalue weighted by Crippen LogP contribution is -2.18. The van der Waals surface area contributed by atoms with Crippen LogP contribution in [0.15, 0.2) is 49.2 Å². The molecule has 3 heteroatoms. The summed E-state index contributed by atoms with van der Waals surface area (Å²) in [6, 6.07) is 8.77. The molecule has 0 saturated heterocycles. The molecular formula is C18H13F2N. The maximum atomic E-state index is 14.2. The van der Waals surface area contributed by atoms with E-state index in [0.29, 0.717) is 17.7 Å². The zero-order valence-corrected chi connectivity index (χ0v) is 11.4. The van der Waals surface area contributed by atoms with Gasteiger partial charge in [-0.3, -0.25) is 0 Å². The van der Waals surface area contributed by atoms with Crippen LogP contribution in [0.25, 0.3) is 5.57 Å². The number of hydrogen-bond acceptors (Lipinski definition) is 1. The first-order valence-electron chi connectivity index (χ1n) is 6.81. The summed E-state index contributed by atoms with van der Waals surface area (Å²) >= 11 is 0. The quantitative estimate of drug-likeness (QED) is 0.691. The topological polar surface area (TPSA) is 3.24 Å². The van der Waals surface area contributed by atoms with Gasteiger partial charge in [0, 0.05) is 23.2 Å². The van der Waals surface area contributed by atoms with Crippen LogP contribution in [0, 0.1) is 11.6 Å². The van der Waals surface area contributed by atoms with E-state index in [1.807, 2.05) is 23.1 Å². The molecule has 0 saturated carbocycles. The van der Waals surface area contributed by atoms with Crippen LogP contribution in [0.4, 0.5) is 14.5 Å². The lowest BCUT2D eigenvalue weighted by molar-refractivity contribution is 0.498. The van der Waals surface area contributed by atoms with Crippen LogP contribution in [0.5, 0.6) is 0 Å². The summed E-state index contributed by atoms with van der Waals surface area (Å²) in [6.45, 7) is 8.47. The summed E-state index contributed by atoms with van der Waals surface area (Å²) in [5.41, 5.74) is 5.82. The summed E-state index contributed by atoms with van der Waals surface area (Å²) in [6.07, 6.45) is 0.739. The van der Waals surface area contributed by atoms with Crippen molar-refractivity contribution in [3.8, 4) is 0 Å². The number of nitrogens with zero attached hydrogens (tertiary/aromatic N) is 1. The molecule has 0 aromatic heterocycles. The van der Waals surface area contributed by atoms with Crippen LogP contribution in [-0.2, 0) is 13.0 Å². The van der Waals surface area contributed by atoms with Gasteiger partial charge in [-0.15, -0.1) is 0 Å². The van der Waals surface area contributed by atoms with E-state index in [1.54, 1.807) is 6.07 Å². The zero-order valence-electron chi connectivity index (χ0n) is 11.4. The van der Waals surface area contributed by atoms with E-state index >= 15 is 0 Å². The molecule has 0 unspecified atom stereocenters.